The van der Waals surface area contributed by atoms with Gasteiger partial charge in [0.05, 0.1) is 11.5 Å². The Morgan fingerprint density at radius 3 is 2.50 bits per heavy atom. The minimum absolute atomic E-state index is 0.0306. The van der Waals surface area contributed by atoms with Gasteiger partial charge in [0.1, 0.15) is 5.82 Å². The maximum absolute atomic E-state index is 13.5. The van der Waals surface area contributed by atoms with Crippen LogP contribution in [0, 0.1) is 11.7 Å². The van der Waals surface area contributed by atoms with Gasteiger partial charge >= 0.3 is 5.97 Å². The van der Waals surface area contributed by atoms with E-state index in [9.17, 15) is 14.0 Å². The van der Waals surface area contributed by atoms with Crippen molar-refractivity contribution in [1.29, 1.82) is 0 Å². The van der Waals surface area contributed by atoms with Gasteiger partial charge in [0.2, 0.25) is 0 Å². The topological polar surface area (TPSA) is 57.6 Å². The maximum Gasteiger partial charge on any atom is 0.308 e. The van der Waals surface area contributed by atoms with Crippen LogP contribution in [0.5, 0.6) is 0 Å². The predicted octanol–water partition coefficient (Wildman–Crippen LogP) is 2.01. The fraction of sp³-hybridized carbons (Fsp3) is 0.385. The molecule has 1 unspecified atom stereocenters. The van der Waals surface area contributed by atoms with Crippen molar-refractivity contribution in [2.45, 2.75) is 13.8 Å². The fourth-order valence-corrected chi connectivity index (χ4v) is 1.57. The molecule has 98 valence electrons. The summed E-state index contributed by atoms with van der Waals surface area (Å²) in [4.78, 5) is 24.1. The molecule has 1 aromatic rings. The second kappa shape index (κ2) is 6.14. The molecule has 1 aromatic carbocycles. The third-order valence-corrected chi connectivity index (χ3v) is 2.69. The Morgan fingerprint density at radius 2 is 2.00 bits per heavy atom. The highest BCUT2D eigenvalue weighted by atomic mass is 19.1. The number of rotatable bonds is 5. The summed E-state index contributed by atoms with van der Waals surface area (Å²) in [6.45, 7) is 3.65. The zero-order chi connectivity index (χ0) is 13.7. The van der Waals surface area contributed by atoms with Gasteiger partial charge < -0.3 is 10.0 Å². The molecule has 0 heterocycles. The Bertz CT molecular complexity index is 448. The smallest absolute Gasteiger partial charge is 0.308 e. The predicted molar refractivity (Wildman–Crippen MR) is 64.8 cm³/mol. The van der Waals surface area contributed by atoms with Crippen LogP contribution in [0.25, 0.3) is 0 Å². The van der Waals surface area contributed by atoms with Crippen LogP contribution in [0.4, 0.5) is 4.39 Å². The summed E-state index contributed by atoms with van der Waals surface area (Å²) in [5.74, 6) is -2.73. The largest absolute Gasteiger partial charge is 0.481 e. The van der Waals surface area contributed by atoms with Crippen molar-refractivity contribution >= 4 is 11.9 Å². The van der Waals surface area contributed by atoms with Crippen molar-refractivity contribution < 1.29 is 19.1 Å². The molecule has 5 heteroatoms. The van der Waals surface area contributed by atoms with E-state index in [0.717, 1.165) is 0 Å². The van der Waals surface area contributed by atoms with Gasteiger partial charge in [-0.1, -0.05) is 19.1 Å². The van der Waals surface area contributed by atoms with Crippen molar-refractivity contribution in [3.05, 3.63) is 35.6 Å². The van der Waals surface area contributed by atoms with Gasteiger partial charge in [0.15, 0.2) is 0 Å². The van der Waals surface area contributed by atoms with Gasteiger partial charge in [-0.25, -0.2) is 4.39 Å². The number of halogens is 1. The van der Waals surface area contributed by atoms with Gasteiger partial charge in [0, 0.05) is 13.1 Å². The summed E-state index contributed by atoms with van der Waals surface area (Å²) in [5, 5.41) is 8.82. The standard InChI is InChI=1S/C13H16FNO3/c1-3-15(8-9(2)13(17)18)12(16)10-6-4-5-7-11(10)14/h4-7,9H,3,8H2,1-2H3,(H,17,18). The molecule has 1 rings (SSSR count). The number of carboxylic acids is 1. The minimum Gasteiger partial charge on any atom is -0.481 e. The van der Waals surface area contributed by atoms with Crippen molar-refractivity contribution in [3.8, 4) is 0 Å². The molecule has 0 aliphatic rings. The lowest BCUT2D eigenvalue weighted by Gasteiger charge is -2.23. The van der Waals surface area contributed by atoms with E-state index in [4.69, 9.17) is 5.11 Å². The number of benzene rings is 1. The average Bonchev–Trinajstić information content (AvgIpc) is 2.35. The first-order valence-electron chi connectivity index (χ1n) is 5.74. The SMILES string of the molecule is CCN(CC(C)C(=O)O)C(=O)c1ccccc1F. The molecule has 0 fully saturated rings. The van der Waals surface area contributed by atoms with Crippen LogP contribution in [-0.4, -0.2) is 35.0 Å². The molecule has 1 N–H and O–H groups in total. The lowest BCUT2D eigenvalue weighted by molar-refractivity contribution is -0.141. The molecule has 0 spiro atoms. The number of hydrogen-bond acceptors (Lipinski definition) is 2. The molecule has 0 aromatic heterocycles. The van der Waals surface area contributed by atoms with Gasteiger partial charge in [0.25, 0.3) is 5.91 Å². The Labute approximate surface area is 105 Å². The van der Waals surface area contributed by atoms with Crippen LogP contribution in [0.15, 0.2) is 24.3 Å². The quantitative estimate of drug-likeness (QED) is 0.873. The highest BCUT2D eigenvalue weighted by Gasteiger charge is 2.22. The zero-order valence-corrected chi connectivity index (χ0v) is 10.4. The number of hydrogen-bond donors (Lipinski definition) is 1. The Balaban J connectivity index is 2.86. The van der Waals surface area contributed by atoms with Crippen molar-refractivity contribution in [2.24, 2.45) is 5.92 Å². The van der Waals surface area contributed by atoms with E-state index in [1.54, 1.807) is 13.0 Å². The van der Waals surface area contributed by atoms with Crippen molar-refractivity contribution in [3.63, 3.8) is 0 Å². The summed E-state index contributed by atoms with van der Waals surface area (Å²) in [6.07, 6.45) is 0. The molecule has 18 heavy (non-hydrogen) atoms. The van der Waals surface area contributed by atoms with Gasteiger partial charge in [-0.15, -0.1) is 0 Å². The molecule has 0 aliphatic carbocycles. The van der Waals surface area contributed by atoms with E-state index in [2.05, 4.69) is 0 Å². The van der Waals surface area contributed by atoms with E-state index >= 15 is 0 Å². The molecule has 4 nitrogen and oxygen atoms in total. The van der Waals surface area contributed by atoms with Crippen LogP contribution in [0.3, 0.4) is 0 Å². The van der Waals surface area contributed by atoms with Crippen LogP contribution in [0.1, 0.15) is 24.2 Å². The van der Waals surface area contributed by atoms with Gasteiger partial charge in [-0.2, -0.15) is 0 Å². The van der Waals surface area contributed by atoms with Gasteiger partial charge in [-0.3, -0.25) is 9.59 Å². The molecular formula is C13H16FNO3. The lowest BCUT2D eigenvalue weighted by Crippen LogP contribution is -2.37. The summed E-state index contributed by atoms with van der Waals surface area (Å²) in [6, 6.07) is 5.68. The molecule has 1 atom stereocenters. The third kappa shape index (κ3) is 3.29. The first-order chi connectivity index (χ1) is 8.47. The maximum atomic E-state index is 13.5. The van der Waals surface area contributed by atoms with Crippen molar-refractivity contribution in [2.75, 3.05) is 13.1 Å². The molecule has 0 aliphatic heterocycles. The summed E-state index contributed by atoms with van der Waals surface area (Å²) in [5.41, 5.74) is -0.0306. The van der Waals surface area contributed by atoms with Gasteiger partial charge in [-0.05, 0) is 19.1 Å². The fourth-order valence-electron chi connectivity index (χ4n) is 1.57. The lowest BCUT2D eigenvalue weighted by atomic mass is 10.1. The molecule has 0 saturated carbocycles. The second-order valence-electron chi connectivity index (χ2n) is 4.06. The first-order valence-corrected chi connectivity index (χ1v) is 5.74. The van der Waals surface area contributed by atoms with Crippen molar-refractivity contribution in [1.82, 2.24) is 4.90 Å². The number of carboxylic acid groups (broad SMARTS) is 1. The van der Waals surface area contributed by atoms with E-state index in [1.165, 1.54) is 30.0 Å². The molecule has 0 saturated heterocycles. The summed E-state index contributed by atoms with van der Waals surface area (Å²) in [7, 11) is 0. The molecule has 0 bridgehead atoms. The Kier molecular flexibility index (Phi) is 4.83. The number of amides is 1. The van der Waals surface area contributed by atoms with Crippen LogP contribution in [-0.2, 0) is 4.79 Å². The average molecular weight is 253 g/mol. The summed E-state index contributed by atoms with van der Waals surface area (Å²) >= 11 is 0. The number of carbonyl (C=O) groups is 2. The monoisotopic (exact) mass is 253 g/mol. The minimum atomic E-state index is -0.977. The molecular weight excluding hydrogens is 237 g/mol. The van der Waals surface area contributed by atoms with Crippen LogP contribution < -0.4 is 0 Å². The Morgan fingerprint density at radius 1 is 1.39 bits per heavy atom. The van der Waals surface area contributed by atoms with E-state index in [0.29, 0.717) is 6.54 Å². The van der Waals surface area contributed by atoms with E-state index in [-0.39, 0.29) is 12.1 Å². The molecule has 0 radical (unpaired) electrons. The number of carbonyl (C=O) groups excluding carboxylic acids is 1. The van der Waals surface area contributed by atoms with Crippen LogP contribution in [0.2, 0.25) is 0 Å². The normalized spacial score (nSPS) is 11.9. The summed E-state index contributed by atoms with van der Waals surface area (Å²) < 4.78 is 13.5. The van der Waals surface area contributed by atoms with Crippen LogP contribution >= 0.6 is 0 Å². The highest BCUT2D eigenvalue weighted by molar-refractivity contribution is 5.94. The van der Waals surface area contributed by atoms with E-state index in [1.807, 2.05) is 0 Å². The zero-order valence-electron chi connectivity index (χ0n) is 10.4. The first kappa shape index (κ1) is 14.2. The number of aliphatic carboxylic acids is 1. The highest BCUT2D eigenvalue weighted by Crippen LogP contribution is 2.11. The number of nitrogens with zero attached hydrogens (tertiary/aromatic N) is 1. The second-order valence-corrected chi connectivity index (χ2v) is 4.06. The molecule has 1 amide bonds. The Hall–Kier alpha value is -1.91. The van der Waals surface area contributed by atoms with E-state index < -0.39 is 23.6 Å². The third-order valence-electron chi connectivity index (χ3n) is 2.69.